The number of benzene rings is 2. The molecule has 2 aromatic rings. The third kappa shape index (κ3) is 3.44. The Morgan fingerprint density at radius 1 is 1.00 bits per heavy atom. The highest BCUT2D eigenvalue weighted by Crippen LogP contribution is 2.24. The molecule has 20 heavy (non-hydrogen) atoms. The topological polar surface area (TPSA) is 26.0 Å². The summed E-state index contributed by atoms with van der Waals surface area (Å²) in [7, 11) is 0. The maximum atomic E-state index is 6.28. The van der Waals surface area contributed by atoms with Crippen molar-refractivity contribution < 1.29 is 0 Å². The van der Waals surface area contributed by atoms with Crippen LogP contribution in [0.3, 0.4) is 0 Å². The van der Waals surface area contributed by atoms with Gasteiger partial charge in [-0.25, -0.2) is 0 Å². The lowest BCUT2D eigenvalue weighted by Crippen LogP contribution is -2.25. The molecule has 0 bridgehead atoms. The molecule has 1 nitrogen and oxygen atoms in total. The average Bonchev–Trinajstić information content (AvgIpc) is 2.94. The normalized spacial score (nSPS) is 15.1. The second-order valence-corrected chi connectivity index (χ2v) is 6.64. The fraction of sp³-hybridized carbons (Fsp3) is 0.333. The van der Waals surface area contributed by atoms with Crippen LogP contribution in [0, 0.1) is 0 Å². The van der Waals surface area contributed by atoms with Crippen molar-refractivity contribution in [1.82, 2.24) is 0 Å². The Hall–Kier alpha value is -1.25. The van der Waals surface area contributed by atoms with E-state index >= 15 is 0 Å². The molecule has 2 heteroatoms. The van der Waals surface area contributed by atoms with Crippen LogP contribution in [-0.2, 0) is 19.3 Å². The summed E-state index contributed by atoms with van der Waals surface area (Å²) in [6, 6.07) is 17.7. The van der Waals surface area contributed by atoms with E-state index in [0.29, 0.717) is 0 Å². The van der Waals surface area contributed by atoms with Gasteiger partial charge in [0.25, 0.3) is 0 Å². The fourth-order valence-electron chi connectivity index (χ4n) is 2.83. The maximum Gasteiger partial charge on any atom is 0.0174 e. The maximum absolute atomic E-state index is 6.28. The van der Waals surface area contributed by atoms with Crippen LogP contribution in [0.15, 0.2) is 53.4 Å². The lowest BCUT2D eigenvalue weighted by molar-refractivity contribution is 0.748. The van der Waals surface area contributed by atoms with Gasteiger partial charge < -0.3 is 5.73 Å². The first-order chi connectivity index (χ1) is 9.81. The molecular formula is C18H21NS. The van der Waals surface area contributed by atoms with Crippen molar-refractivity contribution >= 4 is 11.8 Å². The summed E-state index contributed by atoms with van der Waals surface area (Å²) < 4.78 is 0. The molecule has 0 aromatic heterocycles. The molecule has 1 atom stereocenters. The molecule has 2 N–H and O–H groups in total. The van der Waals surface area contributed by atoms with Gasteiger partial charge in [-0.2, -0.15) is 0 Å². The molecule has 2 aromatic carbocycles. The Kier molecular flexibility index (Phi) is 4.44. The van der Waals surface area contributed by atoms with Gasteiger partial charge in [0.2, 0.25) is 0 Å². The van der Waals surface area contributed by atoms with Crippen molar-refractivity contribution in [2.24, 2.45) is 5.73 Å². The van der Waals surface area contributed by atoms with Gasteiger partial charge >= 0.3 is 0 Å². The molecule has 0 heterocycles. The monoisotopic (exact) mass is 283 g/mol. The second kappa shape index (κ2) is 6.47. The third-order valence-electron chi connectivity index (χ3n) is 3.87. The van der Waals surface area contributed by atoms with Gasteiger partial charge in [0, 0.05) is 16.7 Å². The standard InChI is InChI=1S/C18H21NS/c19-17(13-20-18-7-2-1-3-8-18)12-14-9-10-15-5-4-6-16(15)11-14/h1-3,7-11,17H,4-6,12-13,19H2. The lowest BCUT2D eigenvalue weighted by Gasteiger charge is -2.12. The van der Waals surface area contributed by atoms with Crippen molar-refractivity contribution in [3.63, 3.8) is 0 Å². The van der Waals surface area contributed by atoms with E-state index in [9.17, 15) is 0 Å². The number of thioether (sulfide) groups is 1. The second-order valence-electron chi connectivity index (χ2n) is 5.54. The SMILES string of the molecule is NC(CSc1ccccc1)Cc1ccc2c(c1)CCC2. The molecule has 0 radical (unpaired) electrons. The predicted octanol–water partition coefficient (Wildman–Crippen LogP) is 3.84. The number of nitrogens with two attached hydrogens (primary N) is 1. The molecule has 0 amide bonds. The minimum absolute atomic E-state index is 0.222. The van der Waals surface area contributed by atoms with E-state index in [1.807, 2.05) is 11.8 Å². The number of rotatable bonds is 5. The molecule has 1 aliphatic rings. The van der Waals surface area contributed by atoms with E-state index in [1.54, 1.807) is 11.1 Å². The number of hydrogen-bond acceptors (Lipinski definition) is 2. The van der Waals surface area contributed by atoms with Crippen molar-refractivity contribution in [2.45, 2.75) is 36.6 Å². The smallest absolute Gasteiger partial charge is 0.0174 e. The number of aryl methyl sites for hydroxylation is 2. The third-order valence-corrected chi connectivity index (χ3v) is 5.07. The van der Waals surface area contributed by atoms with Crippen molar-refractivity contribution in [1.29, 1.82) is 0 Å². The van der Waals surface area contributed by atoms with E-state index in [2.05, 4.69) is 48.5 Å². The molecule has 0 fully saturated rings. The predicted molar refractivity (Wildman–Crippen MR) is 87.3 cm³/mol. The largest absolute Gasteiger partial charge is 0.327 e. The Morgan fingerprint density at radius 3 is 2.65 bits per heavy atom. The minimum Gasteiger partial charge on any atom is -0.327 e. The molecular weight excluding hydrogens is 262 g/mol. The molecule has 1 unspecified atom stereocenters. The Labute approximate surface area is 125 Å². The first kappa shape index (κ1) is 13.7. The highest BCUT2D eigenvalue weighted by atomic mass is 32.2. The molecule has 3 rings (SSSR count). The van der Waals surface area contributed by atoms with Crippen LogP contribution >= 0.6 is 11.8 Å². The van der Waals surface area contributed by atoms with Gasteiger partial charge in [-0.1, -0.05) is 36.4 Å². The molecule has 0 saturated carbocycles. The summed E-state index contributed by atoms with van der Waals surface area (Å²) in [6.07, 6.45) is 4.80. The summed E-state index contributed by atoms with van der Waals surface area (Å²) in [6.45, 7) is 0. The first-order valence-electron chi connectivity index (χ1n) is 7.35. The van der Waals surface area contributed by atoms with Gasteiger partial charge in [-0.05, 0) is 54.5 Å². The van der Waals surface area contributed by atoms with E-state index in [4.69, 9.17) is 5.73 Å². The zero-order valence-electron chi connectivity index (χ0n) is 11.7. The molecule has 0 aliphatic heterocycles. The number of fused-ring (bicyclic) bond motifs is 1. The lowest BCUT2D eigenvalue weighted by atomic mass is 10.0. The quantitative estimate of drug-likeness (QED) is 0.844. The molecule has 1 aliphatic carbocycles. The van der Waals surface area contributed by atoms with Gasteiger partial charge in [0.1, 0.15) is 0 Å². The Morgan fingerprint density at radius 2 is 1.80 bits per heavy atom. The first-order valence-corrected chi connectivity index (χ1v) is 8.34. The summed E-state index contributed by atoms with van der Waals surface area (Å²) in [5.41, 5.74) is 10.8. The molecule has 0 saturated heterocycles. The zero-order chi connectivity index (χ0) is 13.8. The summed E-state index contributed by atoms with van der Waals surface area (Å²) in [4.78, 5) is 1.30. The Bertz CT molecular complexity index is 565. The van der Waals surface area contributed by atoms with Crippen LogP contribution in [0.2, 0.25) is 0 Å². The average molecular weight is 283 g/mol. The van der Waals surface area contributed by atoms with Crippen molar-refractivity contribution in [3.05, 3.63) is 65.2 Å². The van der Waals surface area contributed by atoms with E-state index < -0.39 is 0 Å². The highest BCUT2D eigenvalue weighted by molar-refractivity contribution is 7.99. The summed E-state index contributed by atoms with van der Waals surface area (Å²) >= 11 is 1.85. The highest BCUT2D eigenvalue weighted by Gasteiger charge is 2.12. The van der Waals surface area contributed by atoms with Crippen LogP contribution in [0.25, 0.3) is 0 Å². The van der Waals surface area contributed by atoms with Crippen molar-refractivity contribution in [3.8, 4) is 0 Å². The van der Waals surface area contributed by atoms with Crippen LogP contribution in [-0.4, -0.2) is 11.8 Å². The van der Waals surface area contributed by atoms with E-state index in [1.165, 1.54) is 29.7 Å². The van der Waals surface area contributed by atoms with Gasteiger partial charge in [-0.15, -0.1) is 11.8 Å². The Balaban J connectivity index is 1.55. The zero-order valence-corrected chi connectivity index (χ0v) is 12.5. The van der Waals surface area contributed by atoms with Gasteiger partial charge in [-0.3, -0.25) is 0 Å². The van der Waals surface area contributed by atoms with E-state index in [0.717, 1.165) is 12.2 Å². The van der Waals surface area contributed by atoms with Crippen LogP contribution in [0.5, 0.6) is 0 Å². The molecule has 104 valence electrons. The van der Waals surface area contributed by atoms with Gasteiger partial charge in [0.15, 0.2) is 0 Å². The van der Waals surface area contributed by atoms with Crippen LogP contribution < -0.4 is 5.73 Å². The van der Waals surface area contributed by atoms with Gasteiger partial charge in [0.05, 0.1) is 0 Å². The van der Waals surface area contributed by atoms with Crippen molar-refractivity contribution in [2.75, 3.05) is 5.75 Å². The number of hydrogen-bond donors (Lipinski definition) is 1. The fourth-order valence-corrected chi connectivity index (χ4v) is 3.71. The van der Waals surface area contributed by atoms with Crippen LogP contribution in [0.4, 0.5) is 0 Å². The summed E-state index contributed by atoms with van der Waals surface area (Å²) in [5, 5.41) is 0. The summed E-state index contributed by atoms with van der Waals surface area (Å²) in [5.74, 6) is 0.973. The van der Waals surface area contributed by atoms with E-state index in [-0.39, 0.29) is 6.04 Å². The molecule has 0 spiro atoms. The van der Waals surface area contributed by atoms with Crippen LogP contribution in [0.1, 0.15) is 23.1 Å². The minimum atomic E-state index is 0.222.